The molecule has 0 unspecified atom stereocenters. The molecule has 0 aliphatic heterocycles. The molecule has 0 aliphatic rings. The number of aromatic carboxylic acids is 1. The van der Waals surface area contributed by atoms with Gasteiger partial charge in [-0.05, 0) is 43.2 Å². The van der Waals surface area contributed by atoms with Crippen molar-refractivity contribution in [3.8, 4) is 0 Å². The van der Waals surface area contributed by atoms with Crippen LogP contribution < -0.4 is 5.32 Å². The second-order valence-corrected chi connectivity index (χ2v) is 5.07. The van der Waals surface area contributed by atoms with E-state index in [-0.39, 0.29) is 11.5 Å². The Labute approximate surface area is 129 Å². The lowest BCUT2D eigenvalue weighted by molar-refractivity contribution is -0.111. The zero-order valence-electron chi connectivity index (χ0n) is 12.5. The molecular formula is C18H17NO3. The number of anilines is 1. The van der Waals surface area contributed by atoms with Crippen LogP contribution in [-0.2, 0) is 4.79 Å². The molecule has 22 heavy (non-hydrogen) atoms. The van der Waals surface area contributed by atoms with Crippen molar-refractivity contribution in [1.82, 2.24) is 0 Å². The standard InChI is InChI=1S/C18H17NO3/c1-12-3-6-14(7-4-12)8-10-17(20)19-16-11-15(18(21)22)9-5-13(16)2/h3-11H,1-2H3,(H,19,20)(H,21,22)/b10-8+. The fourth-order valence-corrected chi connectivity index (χ4v) is 1.91. The van der Waals surface area contributed by atoms with E-state index in [0.717, 1.165) is 16.7 Å². The number of nitrogens with one attached hydrogen (secondary N) is 1. The van der Waals surface area contributed by atoms with Gasteiger partial charge < -0.3 is 10.4 Å². The number of amides is 1. The summed E-state index contributed by atoms with van der Waals surface area (Å²) in [6.07, 6.45) is 3.14. The number of benzene rings is 2. The number of rotatable bonds is 4. The predicted octanol–water partition coefficient (Wildman–Crippen LogP) is 3.65. The van der Waals surface area contributed by atoms with E-state index < -0.39 is 5.97 Å². The predicted molar refractivity (Wildman–Crippen MR) is 87.0 cm³/mol. The zero-order chi connectivity index (χ0) is 16.1. The van der Waals surface area contributed by atoms with Gasteiger partial charge in [0.05, 0.1) is 5.56 Å². The molecule has 0 atom stereocenters. The van der Waals surface area contributed by atoms with Crippen LogP contribution in [0.3, 0.4) is 0 Å². The minimum absolute atomic E-state index is 0.142. The second-order valence-electron chi connectivity index (χ2n) is 5.07. The summed E-state index contributed by atoms with van der Waals surface area (Å²) in [5.74, 6) is -1.32. The number of carboxylic acids is 1. The molecule has 112 valence electrons. The molecule has 0 aromatic heterocycles. The molecule has 2 aromatic carbocycles. The third kappa shape index (κ3) is 4.06. The highest BCUT2D eigenvalue weighted by molar-refractivity contribution is 6.03. The number of hydrogen-bond acceptors (Lipinski definition) is 2. The molecule has 1 amide bonds. The van der Waals surface area contributed by atoms with E-state index >= 15 is 0 Å². The SMILES string of the molecule is Cc1ccc(/C=C/C(=O)Nc2cc(C(=O)O)ccc2C)cc1. The lowest BCUT2D eigenvalue weighted by atomic mass is 10.1. The highest BCUT2D eigenvalue weighted by Gasteiger charge is 2.07. The first-order valence-corrected chi connectivity index (χ1v) is 6.85. The molecule has 0 spiro atoms. The van der Waals surface area contributed by atoms with Crippen molar-refractivity contribution in [1.29, 1.82) is 0 Å². The van der Waals surface area contributed by atoms with E-state index in [4.69, 9.17) is 5.11 Å². The summed E-state index contributed by atoms with van der Waals surface area (Å²) in [5.41, 5.74) is 3.53. The molecule has 4 heteroatoms. The van der Waals surface area contributed by atoms with Crippen LogP contribution in [0.25, 0.3) is 6.08 Å². The van der Waals surface area contributed by atoms with Crippen LogP contribution in [0.2, 0.25) is 0 Å². The van der Waals surface area contributed by atoms with Crippen molar-refractivity contribution in [3.05, 3.63) is 70.8 Å². The summed E-state index contributed by atoms with van der Waals surface area (Å²) in [7, 11) is 0. The molecular weight excluding hydrogens is 278 g/mol. The summed E-state index contributed by atoms with van der Waals surface area (Å²) in [6, 6.07) is 12.4. The van der Waals surface area contributed by atoms with E-state index in [0.29, 0.717) is 5.69 Å². The van der Waals surface area contributed by atoms with Gasteiger partial charge in [-0.1, -0.05) is 35.9 Å². The molecule has 0 saturated carbocycles. The van der Waals surface area contributed by atoms with Gasteiger partial charge >= 0.3 is 5.97 Å². The molecule has 0 fully saturated rings. The lowest BCUT2D eigenvalue weighted by Crippen LogP contribution is -2.10. The molecule has 0 bridgehead atoms. The van der Waals surface area contributed by atoms with Crippen LogP contribution in [0.4, 0.5) is 5.69 Å². The van der Waals surface area contributed by atoms with Gasteiger partial charge in [-0.15, -0.1) is 0 Å². The monoisotopic (exact) mass is 295 g/mol. The Balaban J connectivity index is 2.10. The number of carboxylic acid groups (broad SMARTS) is 1. The molecule has 0 saturated heterocycles. The first-order chi connectivity index (χ1) is 10.5. The summed E-state index contributed by atoms with van der Waals surface area (Å²) in [5, 5.41) is 11.7. The number of aryl methyl sites for hydroxylation is 2. The van der Waals surface area contributed by atoms with Crippen molar-refractivity contribution >= 4 is 23.6 Å². The van der Waals surface area contributed by atoms with Crippen LogP contribution in [0.15, 0.2) is 48.5 Å². The summed E-state index contributed by atoms with van der Waals surface area (Å²) in [4.78, 5) is 22.9. The summed E-state index contributed by atoms with van der Waals surface area (Å²) >= 11 is 0. The van der Waals surface area contributed by atoms with Crippen molar-refractivity contribution in [2.24, 2.45) is 0 Å². The quantitative estimate of drug-likeness (QED) is 0.846. The number of hydrogen-bond donors (Lipinski definition) is 2. The smallest absolute Gasteiger partial charge is 0.335 e. The van der Waals surface area contributed by atoms with Crippen molar-refractivity contribution in [3.63, 3.8) is 0 Å². The molecule has 0 heterocycles. The molecule has 0 radical (unpaired) electrons. The molecule has 2 aromatic rings. The number of carbonyl (C=O) groups excluding carboxylic acids is 1. The average molecular weight is 295 g/mol. The maximum Gasteiger partial charge on any atom is 0.335 e. The van der Waals surface area contributed by atoms with Crippen molar-refractivity contribution in [2.75, 3.05) is 5.32 Å². The van der Waals surface area contributed by atoms with Crippen LogP contribution in [-0.4, -0.2) is 17.0 Å². The Kier molecular flexibility index (Phi) is 4.73. The Hall–Kier alpha value is -2.88. The summed E-state index contributed by atoms with van der Waals surface area (Å²) in [6.45, 7) is 3.81. The van der Waals surface area contributed by atoms with E-state index in [2.05, 4.69) is 5.32 Å². The largest absolute Gasteiger partial charge is 0.478 e. The minimum Gasteiger partial charge on any atom is -0.478 e. The number of carbonyl (C=O) groups is 2. The fraction of sp³-hybridized carbons (Fsp3) is 0.111. The first-order valence-electron chi connectivity index (χ1n) is 6.85. The van der Waals surface area contributed by atoms with Crippen molar-refractivity contribution < 1.29 is 14.7 Å². The molecule has 2 rings (SSSR count). The fourth-order valence-electron chi connectivity index (χ4n) is 1.91. The first kappa shape index (κ1) is 15.5. The highest BCUT2D eigenvalue weighted by Crippen LogP contribution is 2.17. The molecule has 4 nitrogen and oxygen atoms in total. The highest BCUT2D eigenvalue weighted by atomic mass is 16.4. The minimum atomic E-state index is -1.02. The van der Waals surface area contributed by atoms with E-state index in [1.54, 1.807) is 12.1 Å². The van der Waals surface area contributed by atoms with Gasteiger partial charge in [0.15, 0.2) is 0 Å². The third-order valence-electron chi connectivity index (χ3n) is 3.25. The second kappa shape index (κ2) is 6.72. The third-order valence-corrected chi connectivity index (χ3v) is 3.25. The van der Waals surface area contributed by atoms with Crippen LogP contribution >= 0.6 is 0 Å². The van der Waals surface area contributed by atoms with Gasteiger partial charge in [0.1, 0.15) is 0 Å². The maximum absolute atomic E-state index is 11.9. The van der Waals surface area contributed by atoms with E-state index in [1.807, 2.05) is 38.1 Å². The lowest BCUT2D eigenvalue weighted by Gasteiger charge is -2.07. The maximum atomic E-state index is 11.9. The molecule has 2 N–H and O–H groups in total. The van der Waals surface area contributed by atoms with Gasteiger partial charge in [0.25, 0.3) is 0 Å². The topological polar surface area (TPSA) is 66.4 Å². The van der Waals surface area contributed by atoms with Gasteiger partial charge in [-0.3, -0.25) is 4.79 Å². The Bertz CT molecular complexity index is 730. The summed E-state index contributed by atoms with van der Waals surface area (Å²) < 4.78 is 0. The Morgan fingerprint density at radius 1 is 1.05 bits per heavy atom. The van der Waals surface area contributed by atoms with Crippen molar-refractivity contribution in [2.45, 2.75) is 13.8 Å². The van der Waals surface area contributed by atoms with Gasteiger partial charge in [0, 0.05) is 11.8 Å². The van der Waals surface area contributed by atoms with Crippen LogP contribution in [0, 0.1) is 13.8 Å². The van der Waals surface area contributed by atoms with Gasteiger partial charge in [-0.25, -0.2) is 4.79 Å². The zero-order valence-corrected chi connectivity index (χ0v) is 12.5. The normalized spacial score (nSPS) is 10.6. The van der Waals surface area contributed by atoms with Gasteiger partial charge in [0.2, 0.25) is 5.91 Å². The Morgan fingerprint density at radius 2 is 1.73 bits per heavy atom. The van der Waals surface area contributed by atoms with Crippen LogP contribution in [0.1, 0.15) is 27.0 Å². The Morgan fingerprint density at radius 3 is 2.36 bits per heavy atom. The van der Waals surface area contributed by atoms with Crippen LogP contribution in [0.5, 0.6) is 0 Å². The van der Waals surface area contributed by atoms with E-state index in [9.17, 15) is 9.59 Å². The van der Waals surface area contributed by atoms with Gasteiger partial charge in [-0.2, -0.15) is 0 Å². The molecule has 0 aliphatic carbocycles. The van der Waals surface area contributed by atoms with E-state index in [1.165, 1.54) is 18.2 Å². The average Bonchev–Trinajstić information content (AvgIpc) is 2.48.